The highest BCUT2D eigenvalue weighted by Gasteiger charge is 2.35. The van der Waals surface area contributed by atoms with Gasteiger partial charge in [-0.2, -0.15) is 0 Å². The molecule has 3 heteroatoms. The second-order valence-electron chi connectivity index (χ2n) is 7.92. The predicted octanol–water partition coefficient (Wildman–Crippen LogP) is 3.47. The Morgan fingerprint density at radius 2 is 1.79 bits per heavy atom. The van der Waals surface area contributed by atoms with Crippen LogP contribution in [-0.4, -0.2) is 28.9 Å². The van der Waals surface area contributed by atoms with Crippen LogP contribution in [0.25, 0.3) is 0 Å². The van der Waals surface area contributed by atoms with Crippen molar-refractivity contribution in [1.29, 1.82) is 0 Å². The third-order valence-electron chi connectivity index (χ3n) is 5.78. The van der Waals surface area contributed by atoms with Gasteiger partial charge in [0.2, 0.25) is 0 Å². The zero-order valence-corrected chi connectivity index (χ0v) is 14.9. The van der Waals surface area contributed by atoms with E-state index < -0.39 is 5.60 Å². The van der Waals surface area contributed by atoms with E-state index in [0.717, 1.165) is 37.7 Å². The Morgan fingerprint density at radius 1 is 1.12 bits per heavy atom. The molecule has 0 radical (unpaired) electrons. The third-order valence-corrected chi connectivity index (χ3v) is 5.78. The van der Waals surface area contributed by atoms with Gasteiger partial charge in [-0.3, -0.25) is 0 Å². The van der Waals surface area contributed by atoms with Crippen molar-refractivity contribution >= 4 is 0 Å². The molecule has 2 aliphatic carbocycles. The van der Waals surface area contributed by atoms with Crippen LogP contribution in [-0.2, 0) is 5.60 Å². The summed E-state index contributed by atoms with van der Waals surface area (Å²) in [6, 6.07) is 9.36. The van der Waals surface area contributed by atoms with Gasteiger partial charge in [-0.05, 0) is 49.1 Å². The van der Waals surface area contributed by atoms with E-state index in [0.29, 0.717) is 23.9 Å². The van der Waals surface area contributed by atoms with Crippen molar-refractivity contribution in [1.82, 2.24) is 5.32 Å². The molecule has 2 aliphatic rings. The van der Waals surface area contributed by atoms with Gasteiger partial charge in [-0.1, -0.05) is 50.3 Å². The Bertz CT molecular complexity index is 556. The van der Waals surface area contributed by atoms with Crippen LogP contribution in [0.5, 0.6) is 0 Å². The fraction of sp³-hybridized carbons (Fsp3) is 0.619. The first kappa shape index (κ1) is 17.7. The minimum atomic E-state index is -0.674. The summed E-state index contributed by atoms with van der Waals surface area (Å²) in [5.41, 5.74) is 1.71. The molecule has 0 aliphatic heterocycles. The van der Waals surface area contributed by atoms with Gasteiger partial charge >= 0.3 is 0 Å². The minimum absolute atomic E-state index is 0.242. The number of aliphatic hydroxyl groups excluding tert-OH is 1. The summed E-state index contributed by atoms with van der Waals surface area (Å²) in [4.78, 5) is 0. The van der Waals surface area contributed by atoms with Crippen molar-refractivity contribution < 1.29 is 10.2 Å². The second kappa shape index (κ2) is 7.38. The van der Waals surface area contributed by atoms with Gasteiger partial charge in [-0.15, -0.1) is 0 Å². The van der Waals surface area contributed by atoms with Crippen LogP contribution in [0.3, 0.4) is 0 Å². The van der Waals surface area contributed by atoms with E-state index in [9.17, 15) is 10.2 Å². The maximum Gasteiger partial charge on any atom is 0.0897 e. The zero-order valence-electron chi connectivity index (χ0n) is 14.9. The van der Waals surface area contributed by atoms with Crippen LogP contribution in [0.4, 0.5) is 0 Å². The lowest BCUT2D eigenvalue weighted by atomic mass is 9.77. The van der Waals surface area contributed by atoms with Crippen LogP contribution in [0.1, 0.15) is 63.0 Å². The Labute approximate surface area is 145 Å². The first-order valence-electron chi connectivity index (χ1n) is 9.38. The number of aliphatic hydroxyl groups is 2. The molecule has 1 fully saturated rings. The topological polar surface area (TPSA) is 52.5 Å². The Kier molecular flexibility index (Phi) is 5.43. The average molecular weight is 329 g/mol. The lowest BCUT2D eigenvalue weighted by Crippen LogP contribution is -2.43. The van der Waals surface area contributed by atoms with Crippen molar-refractivity contribution in [3.05, 3.63) is 47.5 Å². The van der Waals surface area contributed by atoms with E-state index in [-0.39, 0.29) is 6.61 Å². The van der Waals surface area contributed by atoms with Crippen LogP contribution < -0.4 is 5.32 Å². The molecule has 2 atom stereocenters. The SMILES string of the molecule is CC(C)c1ccc(C2(O)CCC(N[C@@H]3C=C[C@H](CO)C3)CC2)cc1. The van der Waals surface area contributed by atoms with Gasteiger partial charge in [0.1, 0.15) is 0 Å². The fourth-order valence-corrected chi connectivity index (χ4v) is 4.07. The van der Waals surface area contributed by atoms with Crippen LogP contribution in [0.2, 0.25) is 0 Å². The van der Waals surface area contributed by atoms with Gasteiger partial charge in [0.05, 0.1) is 5.60 Å². The summed E-state index contributed by atoms with van der Waals surface area (Å²) in [6.45, 7) is 4.63. The van der Waals surface area contributed by atoms with Gasteiger partial charge in [0, 0.05) is 24.6 Å². The molecule has 0 saturated heterocycles. The molecule has 24 heavy (non-hydrogen) atoms. The smallest absolute Gasteiger partial charge is 0.0897 e. The standard InChI is InChI=1S/C21H31NO2/c1-15(2)17-4-6-18(7-5-17)21(24)11-9-19(10-12-21)22-20-8-3-16(13-20)14-23/h3-8,15-16,19-20,22-24H,9-14H2,1-2H3/t16-,19?,20+,21?/m0/s1. The summed E-state index contributed by atoms with van der Waals surface area (Å²) in [5.74, 6) is 0.832. The van der Waals surface area contributed by atoms with Crippen LogP contribution in [0, 0.1) is 5.92 Å². The van der Waals surface area contributed by atoms with E-state index in [1.54, 1.807) is 0 Å². The van der Waals surface area contributed by atoms with Crippen molar-refractivity contribution in [2.75, 3.05) is 6.61 Å². The Balaban J connectivity index is 1.54. The predicted molar refractivity (Wildman–Crippen MR) is 97.9 cm³/mol. The highest BCUT2D eigenvalue weighted by molar-refractivity contribution is 5.29. The second-order valence-corrected chi connectivity index (χ2v) is 7.92. The average Bonchev–Trinajstić information content (AvgIpc) is 3.05. The molecule has 3 rings (SSSR count). The number of benzene rings is 1. The summed E-state index contributed by atoms with van der Waals surface area (Å²) in [7, 11) is 0. The van der Waals surface area contributed by atoms with E-state index in [2.05, 4.69) is 55.6 Å². The maximum absolute atomic E-state index is 11.1. The van der Waals surface area contributed by atoms with Gasteiger partial charge in [0.15, 0.2) is 0 Å². The molecule has 0 bridgehead atoms. The molecule has 3 nitrogen and oxygen atoms in total. The van der Waals surface area contributed by atoms with Gasteiger partial charge < -0.3 is 15.5 Å². The van der Waals surface area contributed by atoms with Crippen molar-refractivity contribution in [2.45, 2.75) is 69.6 Å². The highest BCUT2D eigenvalue weighted by atomic mass is 16.3. The van der Waals surface area contributed by atoms with E-state index in [1.807, 2.05) is 0 Å². The van der Waals surface area contributed by atoms with E-state index >= 15 is 0 Å². The first-order chi connectivity index (χ1) is 11.5. The fourth-order valence-electron chi connectivity index (χ4n) is 4.07. The summed E-state index contributed by atoms with van der Waals surface area (Å²) >= 11 is 0. The van der Waals surface area contributed by atoms with E-state index in [4.69, 9.17) is 0 Å². The lowest BCUT2D eigenvalue weighted by molar-refractivity contribution is -0.00902. The lowest BCUT2D eigenvalue weighted by Gasteiger charge is -2.37. The van der Waals surface area contributed by atoms with Crippen LogP contribution in [0.15, 0.2) is 36.4 Å². The van der Waals surface area contributed by atoms with E-state index in [1.165, 1.54) is 5.56 Å². The number of nitrogens with one attached hydrogen (secondary N) is 1. The minimum Gasteiger partial charge on any atom is -0.396 e. The molecule has 3 N–H and O–H groups in total. The van der Waals surface area contributed by atoms with Crippen LogP contribution >= 0.6 is 0 Å². The van der Waals surface area contributed by atoms with Gasteiger partial charge in [0.25, 0.3) is 0 Å². The quantitative estimate of drug-likeness (QED) is 0.725. The Morgan fingerprint density at radius 3 is 2.33 bits per heavy atom. The molecule has 0 amide bonds. The molecule has 0 aromatic heterocycles. The molecule has 0 unspecified atom stereocenters. The Hall–Kier alpha value is -1.16. The highest BCUT2D eigenvalue weighted by Crippen LogP contribution is 2.38. The molecule has 1 saturated carbocycles. The van der Waals surface area contributed by atoms with Crippen molar-refractivity contribution in [3.63, 3.8) is 0 Å². The largest absolute Gasteiger partial charge is 0.396 e. The molecular weight excluding hydrogens is 298 g/mol. The van der Waals surface area contributed by atoms with Gasteiger partial charge in [-0.25, -0.2) is 0 Å². The maximum atomic E-state index is 11.1. The number of hydrogen-bond donors (Lipinski definition) is 3. The molecule has 1 aromatic carbocycles. The zero-order chi connectivity index (χ0) is 17.2. The molecular formula is C21H31NO2. The molecule has 0 heterocycles. The van der Waals surface area contributed by atoms with Crippen molar-refractivity contribution in [3.8, 4) is 0 Å². The first-order valence-corrected chi connectivity index (χ1v) is 9.38. The summed E-state index contributed by atoms with van der Waals surface area (Å²) in [5, 5.41) is 24.0. The summed E-state index contributed by atoms with van der Waals surface area (Å²) in [6.07, 6.45) is 8.91. The molecule has 1 aromatic rings. The van der Waals surface area contributed by atoms with Crippen molar-refractivity contribution in [2.24, 2.45) is 5.92 Å². The summed E-state index contributed by atoms with van der Waals surface area (Å²) < 4.78 is 0. The molecule has 0 spiro atoms. The normalized spacial score (nSPS) is 33.3. The molecule has 132 valence electrons. The number of rotatable bonds is 5. The number of hydrogen-bond acceptors (Lipinski definition) is 3. The monoisotopic (exact) mass is 329 g/mol. The third kappa shape index (κ3) is 3.90.